The van der Waals surface area contributed by atoms with Gasteiger partial charge in [-0.1, -0.05) is 32.9 Å². The molecule has 0 unspecified atom stereocenters. The third-order valence-electron chi connectivity index (χ3n) is 5.18. The van der Waals surface area contributed by atoms with Gasteiger partial charge in [-0.05, 0) is 62.8 Å². The van der Waals surface area contributed by atoms with Gasteiger partial charge in [0.25, 0.3) is 0 Å². The standard InChI is InChI=1S/C24H20N2S3/c1-24(2,3)18-11-17(10-16-7-9-29-23(16)18)21-22(27)20(25-13-26-21)15-5-4-14-6-8-28-19(14)12-15/h4-13,27H,1-3H3. The highest BCUT2D eigenvalue weighted by Crippen LogP contribution is 2.40. The first-order valence-electron chi connectivity index (χ1n) is 9.45. The normalized spacial score (nSPS) is 12.1. The number of aromatic nitrogens is 2. The van der Waals surface area contributed by atoms with Crippen LogP contribution in [0.15, 0.2) is 64.4 Å². The number of nitrogens with zero attached hydrogens (tertiary/aromatic N) is 2. The van der Waals surface area contributed by atoms with E-state index in [4.69, 9.17) is 12.6 Å². The van der Waals surface area contributed by atoms with Crippen LogP contribution in [0, 0.1) is 0 Å². The van der Waals surface area contributed by atoms with Gasteiger partial charge in [0.15, 0.2) is 0 Å². The first kappa shape index (κ1) is 18.8. The highest BCUT2D eigenvalue weighted by atomic mass is 32.1. The van der Waals surface area contributed by atoms with Crippen molar-refractivity contribution < 1.29 is 0 Å². The van der Waals surface area contributed by atoms with Gasteiger partial charge in [-0.3, -0.25) is 0 Å². The smallest absolute Gasteiger partial charge is 0.116 e. The Bertz CT molecular complexity index is 1360. The van der Waals surface area contributed by atoms with E-state index in [9.17, 15) is 0 Å². The second-order valence-corrected chi connectivity index (χ2v) is 10.5. The van der Waals surface area contributed by atoms with Crippen molar-refractivity contribution in [1.29, 1.82) is 0 Å². The molecule has 0 N–H and O–H groups in total. The van der Waals surface area contributed by atoms with E-state index in [1.54, 1.807) is 29.0 Å². The summed E-state index contributed by atoms with van der Waals surface area (Å²) in [4.78, 5) is 10.0. The molecule has 29 heavy (non-hydrogen) atoms. The molecule has 5 aromatic rings. The lowest BCUT2D eigenvalue weighted by atomic mass is 9.85. The number of thiophene rings is 2. The number of fused-ring (bicyclic) bond motifs is 2. The Morgan fingerprint density at radius 1 is 0.793 bits per heavy atom. The molecule has 144 valence electrons. The van der Waals surface area contributed by atoms with E-state index >= 15 is 0 Å². The lowest BCUT2D eigenvalue weighted by molar-refractivity contribution is 0.597. The summed E-state index contributed by atoms with van der Waals surface area (Å²) < 4.78 is 2.60. The molecular weight excluding hydrogens is 412 g/mol. The van der Waals surface area contributed by atoms with Gasteiger partial charge in [0.05, 0.1) is 16.3 Å². The molecule has 0 saturated heterocycles. The van der Waals surface area contributed by atoms with Gasteiger partial charge in [0.1, 0.15) is 6.33 Å². The maximum atomic E-state index is 4.88. The van der Waals surface area contributed by atoms with E-state index in [2.05, 4.69) is 84.0 Å². The topological polar surface area (TPSA) is 25.8 Å². The predicted molar refractivity (Wildman–Crippen MR) is 130 cm³/mol. The summed E-state index contributed by atoms with van der Waals surface area (Å²) in [5, 5.41) is 6.79. The van der Waals surface area contributed by atoms with Crippen molar-refractivity contribution in [3.05, 3.63) is 65.1 Å². The first-order chi connectivity index (χ1) is 13.9. The average Bonchev–Trinajstić information content (AvgIpc) is 3.35. The van der Waals surface area contributed by atoms with Gasteiger partial charge >= 0.3 is 0 Å². The Morgan fingerprint density at radius 2 is 1.52 bits per heavy atom. The van der Waals surface area contributed by atoms with E-state index in [1.807, 2.05) is 0 Å². The van der Waals surface area contributed by atoms with Gasteiger partial charge < -0.3 is 0 Å². The Balaban J connectivity index is 1.70. The molecule has 5 rings (SSSR count). The van der Waals surface area contributed by atoms with Crippen LogP contribution in [-0.2, 0) is 5.41 Å². The minimum Gasteiger partial charge on any atom is -0.235 e. The Hall–Kier alpha value is -2.21. The highest BCUT2D eigenvalue weighted by molar-refractivity contribution is 7.80. The molecule has 0 aliphatic rings. The Kier molecular flexibility index (Phi) is 4.50. The van der Waals surface area contributed by atoms with Crippen molar-refractivity contribution in [1.82, 2.24) is 9.97 Å². The minimum atomic E-state index is 0.0515. The predicted octanol–water partition coefficient (Wildman–Crippen LogP) is 7.83. The van der Waals surface area contributed by atoms with Crippen LogP contribution in [0.2, 0.25) is 0 Å². The molecule has 0 aliphatic carbocycles. The van der Waals surface area contributed by atoms with Crippen molar-refractivity contribution in [2.75, 3.05) is 0 Å². The van der Waals surface area contributed by atoms with E-state index in [-0.39, 0.29) is 5.41 Å². The second-order valence-electron chi connectivity index (χ2n) is 8.21. The summed E-state index contributed by atoms with van der Waals surface area (Å²) in [6, 6.07) is 15.3. The monoisotopic (exact) mass is 432 g/mol. The van der Waals surface area contributed by atoms with Crippen LogP contribution in [0.3, 0.4) is 0 Å². The summed E-state index contributed by atoms with van der Waals surface area (Å²) >= 11 is 8.42. The number of hydrogen-bond acceptors (Lipinski definition) is 5. The van der Waals surface area contributed by atoms with Gasteiger partial charge in [-0.2, -0.15) is 0 Å². The molecule has 0 spiro atoms. The van der Waals surface area contributed by atoms with Crippen LogP contribution >= 0.6 is 35.3 Å². The Labute approximate surface area is 183 Å². The molecule has 3 aromatic heterocycles. The van der Waals surface area contributed by atoms with Crippen LogP contribution in [-0.4, -0.2) is 9.97 Å². The van der Waals surface area contributed by atoms with Gasteiger partial charge in [-0.25, -0.2) is 9.97 Å². The van der Waals surface area contributed by atoms with Crippen LogP contribution in [0.25, 0.3) is 42.7 Å². The quantitative estimate of drug-likeness (QED) is 0.288. The fraction of sp³-hybridized carbons (Fsp3) is 0.167. The van der Waals surface area contributed by atoms with Crippen LogP contribution in [0.5, 0.6) is 0 Å². The van der Waals surface area contributed by atoms with Crippen LogP contribution < -0.4 is 0 Å². The molecule has 2 nitrogen and oxygen atoms in total. The van der Waals surface area contributed by atoms with Gasteiger partial charge in [-0.15, -0.1) is 35.3 Å². The van der Waals surface area contributed by atoms with E-state index in [0.29, 0.717) is 0 Å². The number of thiol groups is 1. The van der Waals surface area contributed by atoms with E-state index < -0.39 is 0 Å². The second kappa shape index (κ2) is 6.94. The third-order valence-corrected chi connectivity index (χ3v) is 7.45. The third kappa shape index (κ3) is 3.27. The summed E-state index contributed by atoms with van der Waals surface area (Å²) in [7, 11) is 0. The van der Waals surface area contributed by atoms with Crippen molar-refractivity contribution >= 4 is 55.5 Å². The van der Waals surface area contributed by atoms with E-state index in [1.165, 1.54) is 25.7 Å². The summed E-state index contributed by atoms with van der Waals surface area (Å²) in [6.07, 6.45) is 1.65. The van der Waals surface area contributed by atoms with Gasteiger partial charge in [0.2, 0.25) is 0 Å². The Morgan fingerprint density at radius 3 is 2.31 bits per heavy atom. The molecular formula is C24H20N2S3. The lowest BCUT2D eigenvalue weighted by Crippen LogP contribution is -2.11. The molecule has 5 heteroatoms. The average molecular weight is 433 g/mol. The molecule has 0 atom stereocenters. The lowest BCUT2D eigenvalue weighted by Gasteiger charge is -2.21. The van der Waals surface area contributed by atoms with Gasteiger partial charge in [0, 0.05) is 20.5 Å². The largest absolute Gasteiger partial charge is 0.235 e. The number of rotatable bonds is 2. The van der Waals surface area contributed by atoms with Crippen molar-refractivity contribution in [3.63, 3.8) is 0 Å². The highest BCUT2D eigenvalue weighted by Gasteiger charge is 2.21. The first-order valence-corrected chi connectivity index (χ1v) is 11.7. The summed E-state index contributed by atoms with van der Waals surface area (Å²) in [5.41, 5.74) is 5.30. The molecule has 0 radical (unpaired) electrons. The maximum absolute atomic E-state index is 4.88. The van der Waals surface area contributed by atoms with Crippen molar-refractivity contribution in [3.8, 4) is 22.5 Å². The summed E-state index contributed by atoms with van der Waals surface area (Å²) in [6.45, 7) is 6.78. The number of benzene rings is 2. The fourth-order valence-corrected chi connectivity index (χ4v) is 5.99. The molecule has 0 aliphatic heterocycles. The molecule has 0 fully saturated rings. The fourth-order valence-electron chi connectivity index (χ4n) is 3.68. The number of hydrogen-bond donors (Lipinski definition) is 1. The SMILES string of the molecule is CC(C)(C)c1cc(-c2ncnc(-c3ccc4ccsc4c3)c2S)cc2ccsc12. The zero-order valence-corrected chi connectivity index (χ0v) is 19.0. The van der Waals surface area contributed by atoms with Crippen molar-refractivity contribution in [2.45, 2.75) is 31.1 Å². The van der Waals surface area contributed by atoms with E-state index in [0.717, 1.165) is 27.4 Å². The summed E-state index contributed by atoms with van der Waals surface area (Å²) in [5.74, 6) is 0. The van der Waals surface area contributed by atoms with Crippen LogP contribution in [0.4, 0.5) is 0 Å². The maximum Gasteiger partial charge on any atom is 0.116 e. The van der Waals surface area contributed by atoms with Crippen molar-refractivity contribution in [2.24, 2.45) is 0 Å². The molecule has 0 saturated carbocycles. The zero-order chi connectivity index (χ0) is 20.2. The zero-order valence-electron chi connectivity index (χ0n) is 16.4. The molecule has 0 bridgehead atoms. The molecule has 2 aromatic carbocycles. The van der Waals surface area contributed by atoms with Crippen LogP contribution in [0.1, 0.15) is 26.3 Å². The minimum absolute atomic E-state index is 0.0515. The molecule has 0 amide bonds. The molecule has 3 heterocycles.